The molecular formula is C14H18F3N3O2. The molecule has 1 aromatic rings. The molecule has 0 saturated heterocycles. The van der Waals surface area contributed by atoms with Crippen molar-refractivity contribution in [3.63, 3.8) is 0 Å². The predicted octanol–water partition coefficient (Wildman–Crippen LogP) is 1.95. The number of halogens is 3. The highest BCUT2D eigenvalue weighted by molar-refractivity contribution is 5.18. The maximum Gasteiger partial charge on any atom is 0.422 e. The van der Waals surface area contributed by atoms with Gasteiger partial charge in [-0.25, -0.2) is 9.99 Å². The molecule has 8 heteroatoms. The Morgan fingerprint density at radius 1 is 1.32 bits per heavy atom. The van der Waals surface area contributed by atoms with Crippen molar-refractivity contribution >= 4 is 0 Å². The van der Waals surface area contributed by atoms with E-state index in [0.717, 1.165) is 12.1 Å². The van der Waals surface area contributed by atoms with Crippen LogP contribution in [0.1, 0.15) is 12.0 Å². The number of pyridine rings is 1. The first-order chi connectivity index (χ1) is 10.5. The third-order valence-corrected chi connectivity index (χ3v) is 3.05. The van der Waals surface area contributed by atoms with E-state index in [1.165, 1.54) is 12.3 Å². The molecule has 0 fully saturated rings. The Morgan fingerprint density at radius 3 is 2.77 bits per heavy atom. The molecule has 0 atom stereocenters. The highest BCUT2D eigenvalue weighted by Crippen LogP contribution is 2.18. The van der Waals surface area contributed by atoms with Gasteiger partial charge in [0.25, 0.3) is 0 Å². The van der Waals surface area contributed by atoms with Crippen LogP contribution in [0, 0.1) is 0 Å². The van der Waals surface area contributed by atoms with E-state index in [9.17, 15) is 13.2 Å². The molecule has 0 radical (unpaired) electrons. The number of ether oxygens (including phenoxy) is 1. The van der Waals surface area contributed by atoms with Crippen LogP contribution in [0.5, 0.6) is 5.88 Å². The molecule has 0 bridgehead atoms. The van der Waals surface area contributed by atoms with Gasteiger partial charge in [-0.05, 0) is 12.0 Å². The van der Waals surface area contributed by atoms with E-state index in [2.05, 4.69) is 14.7 Å². The Morgan fingerprint density at radius 2 is 2.14 bits per heavy atom. The van der Waals surface area contributed by atoms with Gasteiger partial charge in [0.1, 0.15) is 0 Å². The summed E-state index contributed by atoms with van der Waals surface area (Å²) in [7, 11) is 0. The Labute approximate surface area is 126 Å². The van der Waals surface area contributed by atoms with Crippen LogP contribution in [0.25, 0.3) is 0 Å². The number of aliphatic hydroxyl groups excluding tert-OH is 1. The van der Waals surface area contributed by atoms with Gasteiger partial charge >= 0.3 is 6.18 Å². The SMILES string of the molecule is OCCCN1C=CCN1Cc1ccc(OCC(F)(F)F)nc1. The number of aliphatic hydroxyl groups is 1. The maximum absolute atomic E-state index is 12.0. The van der Waals surface area contributed by atoms with Crippen molar-refractivity contribution in [2.75, 3.05) is 26.3 Å². The van der Waals surface area contributed by atoms with Crippen molar-refractivity contribution < 1.29 is 23.0 Å². The van der Waals surface area contributed by atoms with Crippen LogP contribution in [0.2, 0.25) is 0 Å². The smallest absolute Gasteiger partial charge is 0.422 e. The van der Waals surface area contributed by atoms with Gasteiger partial charge in [0.15, 0.2) is 6.61 Å². The maximum atomic E-state index is 12.0. The number of hydrazine groups is 1. The molecule has 5 nitrogen and oxygen atoms in total. The van der Waals surface area contributed by atoms with E-state index < -0.39 is 12.8 Å². The second-order valence-corrected chi connectivity index (χ2v) is 4.88. The molecule has 1 N–H and O–H groups in total. The van der Waals surface area contributed by atoms with Gasteiger partial charge in [-0.2, -0.15) is 13.2 Å². The first-order valence-corrected chi connectivity index (χ1v) is 6.91. The van der Waals surface area contributed by atoms with Gasteiger partial charge in [-0.1, -0.05) is 12.1 Å². The fourth-order valence-electron chi connectivity index (χ4n) is 2.05. The Kier molecular flexibility index (Phi) is 5.62. The molecule has 22 heavy (non-hydrogen) atoms. The van der Waals surface area contributed by atoms with Gasteiger partial charge in [0.05, 0.1) is 0 Å². The van der Waals surface area contributed by atoms with Crippen LogP contribution in [-0.4, -0.2) is 52.6 Å². The summed E-state index contributed by atoms with van der Waals surface area (Å²) in [6.07, 6.45) is 1.77. The Balaban J connectivity index is 1.85. The summed E-state index contributed by atoms with van der Waals surface area (Å²) >= 11 is 0. The summed E-state index contributed by atoms with van der Waals surface area (Å²) in [4.78, 5) is 3.88. The van der Waals surface area contributed by atoms with Crippen LogP contribution in [0.3, 0.4) is 0 Å². The fourth-order valence-corrected chi connectivity index (χ4v) is 2.05. The molecule has 0 aliphatic carbocycles. The quantitative estimate of drug-likeness (QED) is 0.833. The first-order valence-electron chi connectivity index (χ1n) is 6.91. The summed E-state index contributed by atoms with van der Waals surface area (Å²) < 4.78 is 40.7. The number of rotatable bonds is 7. The number of aromatic nitrogens is 1. The molecule has 0 aromatic carbocycles. The molecule has 1 aliphatic heterocycles. The predicted molar refractivity (Wildman–Crippen MR) is 73.7 cm³/mol. The lowest BCUT2D eigenvalue weighted by molar-refractivity contribution is -0.154. The van der Waals surface area contributed by atoms with Gasteiger partial charge in [0.2, 0.25) is 5.88 Å². The van der Waals surface area contributed by atoms with Gasteiger partial charge < -0.3 is 14.9 Å². The largest absolute Gasteiger partial charge is 0.468 e. The van der Waals surface area contributed by atoms with E-state index in [0.29, 0.717) is 19.5 Å². The molecule has 2 heterocycles. The summed E-state index contributed by atoms with van der Waals surface area (Å²) in [5, 5.41) is 12.9. The molecule has 1 aliphatic rings. The van der Waals surface area contributed by atoms with E-state index >= 15 is 0 Å². The van der Waals surface area contributed by atoms with Crippen molar-refractivity contribution in [3.05, 3.63) is 36.2 Å². The number of nitrogens with zero attached hydrogens (tertiary/aromatic N) is 3. The lowest BCUT2D eigenvalue weighted by Gasteiger charge is -2.28. The second-order valence-electron chi connectivity index (χ2n) is 4.88. The van der Waals surface area contributed by atoms with E-state index in [4.69, 9.17) is 5.11 Å². The minimum Gasteiger partial charge on any atom is -0.468 e. The zero-order valence-electron chi connectivity index (χ0n) is 12.0. The Bertz CT molecular complexity index is 491. The van der Waals surface area contributed by atoms with Crippen molar-refractivity contribution in [2.24, 2.45) is 0 Å². The van der Waals surface area contributed by atoms with Crippen LogP contribution in [0.4, 0.5) is 13.2 Å². The van der Waals surface area contributed by atoms with E-state index in [-0.39, 0.29) is 12.5 Å². The third-order valence-electron chi connectivity index (χ3n) is 3.05. The summed E-state index contributed by atoms with van der Waals surface area (Å²) in [6, 6.07) is 3.13. The van der Waals surface area contributed by atoms with Crippen molar-refractivity contribution in [1.29, 1.82) is 0 Å². The van der Waals surface area contributed by atoms with Crippen molar-refractivity contribution in [1.82, 2.24) is 15.0 Å². The molecule has 122 valence electrons. The first kappa shape index (κ1) is 16.6. The van der Waals surface area contributed by atoms with E-state index in [1.807, 2.05) is 17.3 Å². The van der Waals surface area contributed by atoms with Gasteiger partial charge in [0, 0.05) is 44.7 Å². The highest BCUT2D eigenvalue weighted by atomic mass is 19.4. The lowest BCUT2D eigenvalue weighted by Crippen LogP contribution is -2.35. The number of alkyl halides is 3. The van der Waals surface area contributed by atoms with Crippen LogP contribution in [-0.2, 0) is 6.54 Å². The molecule has 0 spiro atoms. The number of hydrogen-bond donors (Lipinski definition) is 1. The lowest BCUT2D eigenvalue weighted by atomic mass is 10.3. The van der Waals surface area contributed by atoms with Crippen LogP contribution < -0.4 is 4.74 Å². The van der Waals surface area contributed by atoms with Gasteiger partial charge in [-0.3, -0.25) is 0 Å². The zero-order chi connectivity index (χ0) is 16.0. The fraction of sp³-hybridized carbons (Fsp3) is 0.500. The average molecular weight is 317 g/mol. The van der Waals surface area contributed by atoms with Crippen molar-refractivity contribution in [2.45, 2.75) is 19.1 Å². The third kappa shape index (κ3) is 5.19. The normalized spacial score (nSPS) is 15.5. The van der Waals surface area contributed by atoms with E-state index in [1.54, 1.807) is 6.07 Å². The van der Waals surface area contributed by atoms with Crippen LogP contribution in [0.15, 0.2) is 30.6 Å². The molecular weight excluding hydrogens is 299 g/mol. The van der Waals surface area contributed by atoms with Gasteiger partial charge in [-0.15, -0.1) is 0 Å². The molecule has 0 unspecified atom stereocenters. The standard InChI is InChI=1S/C14H18F3N3O2/c15-14(16,17)11-22-13-4-3-12(9-18-13)10-20-6-1-5-19(20)7-2-8-21/h1,3-5,9,21H,2,6-8,10-11H2. The zero-order valence-corrected chi connectivity index (χ0v) is 12.0. The summed E-state index contributed by atoms with van der Waals surface area (Å²) in [5.74, 6) is -0.0437. The van der Waals surface area contributed by atoms with Crippen molar-refractivity contribution in [3.8, 4) is 5.88 Å². The minimum atomic E-state index is -4.37. The summed E-state index contributed by atoms with van der Waals surface area (Å²) in [5.41, 5.74) is 0.872. The molecule has 2 rings (SSSR count). The number of hydrogen-bond acceptors (Lipinski definition) is 5. The monoisotopic (exact) mass is 317 g/mol. The Hall–Kier alpha value is -1.80. The second kappa shape index (κ2) is 7.46. The van der Waals surface area contributed by atoms with Crippen LogP contribution >= 0.6 is 0 Å². The molecule has 0 saturated carbocycles. The topological polar surface area (TPSA) is 48.8 Å². The minimum absolute atomic E-state index is 0.0437. The highest BCUT2D eigenvalue weighted by Gasteiger charge is 2.28. The average Bonchev–Trinajstić information content (AvgIpc) is 2.91. The summed E-state index contributed by atoms with van der Waals surface area (Å²) in [6.45, 7) is 0.839. The molecule has 0 amide bonds. The molecule has 1 aromatic heterocycles.